The number of amides is 3. The largest absolute Gasteiger partial charge is 0.361 e. The number of carbonyl (C=O) groups excluding carboxylic acids is 3. The molecule has 0 saturated heterocycles. The molecule has 0 fully saturated rings. The van der Waals surface area contributed by atoms with Crippen molar-refractivity contribution in [2.45, 2.75) is 4.90 Å². The fourth-order valence-corrected chi connectivity index (χ4v) is 4.94. The topological polar surface area (TPSA) is 146 Å². The van der Waals surface area contributed by atoms with Crippen molar-refractivity contribution >= 4 is 63.5 Å². The van der Waals surface area contributed by atoms with E-state index in [4.69, 9.17) is 0 Å². The van der Waals surface area contributed by atoms with Crippen LogP contribution in [0.3, 0.4) is 0 Å². The molecule has 0 atom stereocenters. The molecule has 1 heterocycles. The second-order valence-corrected chi connectivity index (χ2v) is 10.3. The summed E-state index contributed by atoms with van der Waals surface area (Å²) in [7, 11) is 0. The van der Waals surface area contributed by atoms with Gasteiger partial charge in [-0.1, -0.05) is 42.5 Å². The summed E-state index contributed by atoms with van der Waals surface area (Å²) in [5, 5.41) is 20.0. The van der Waals surface area contributed by atoms with Crippen molar-refractivity contribution < 1.29 is 19.3 Å². The normalized spacial score (nSPS) is 11.1. The van der Waals surface area contributed by atoms with Gasteiger partial charge in [0.15, 0.2) is 0 Å². The number of aromatic nitrogens is 1. The first-order valence-electron chi connectivity index (χ1n) is 13.1. The fourth-order valence-electron chi connectivity index (χ4n) is 4.19. The highest BCUT2D eigenvalue weighted by Crippen LogP contribution is 2.24. The van der Waals surface area contributed by atoms with E-state index in [2.05, 4.69) is 20.9 Å². The summed E-state index contributed by atoms with van der Waals surface area (Å²) in [6.45, 7) is 0. The molecule has 214 valence electrons. The monoisotopic (exact) mass is 591 g/mol. The van der Waals surface area contributed by atoms with Crippen LogP contribution >= 0.6 is 11.8 Å². The average Bonchev–Trinajstić information content (AvgIpc) is 3.43. The van der Waals surface area contributed by atoms with Gasteiger partial charge in [-0.05, 0) is 54.6 Å². The van der Waals surface area contributed by atoms with Crippen molar-refractivity contribution in [2.75, 3.05) is 16.4 Å². The zero-order chi connectivity index (χ0) is 30.2. The molecular formula is C32H25N5O5S. The summed E-state index contributed by atoms with van der Waals surface area (Å²) in [5.41, 5.74) is 2.95. The number of nitrogens with zero attached hydrogens (tertiary/aromatic N) is 1. The summed E-state index contributed by atoms with van der Waals surface area (Å²) in [5.74, 6) is -1.16. The van der Waals surface area contributed by atoms with Gasteiger partial charge in [-0.3, -0.25) is 24.5 Å². The standard InChI is InChI=1S/C32H25N5O5S/c38-30(34-23-13-15-25(16-14-23)37(41)42)20-43-26-10-6-9-24(18-26)35-32(40)29(36-31(39)21-7-2-1-3-8-21)17-22-19-33-28-12-5-4-11-27(22)28/h1-19,33H,20H2,(H,34,38)(H,35,40)(H,36,39)/b29-17-. The van der Waals surface area contributed by atoms with E-state index < -0.39 is 16.7 Å². The fraction of sp³-hybridized carbons (Fsp3) is 0.0312. The first-order valence-corrected chi connectivity index (χ1v) is 14.1. The molecule has 1 aromatic heterocycles. The molecule has 0 radical (unpaired) electrons. The number of para-hydroxylation sites is 1. The molecule has 0 aliphatic carbocycles. The molecule has 0 bridgehead atoms. The molecule has 0 aliphatic rings. The van der Waals surface area contributed by atoms with Crippen molar-refractivity contribution in [3.63, 3.8) is 0 Å². The number of nitrogens with one attached hydrogen (secondary N) is 4. The van der Waals surface area contributed by atoms with Crippen molar-refractivity contribution in [1.29, 1.82) is 0 Å². The third-order valence-electron chi connectivity index (χ3n) is 6.27. The number of non-ortho nitro benzene ring substituents is 1. The van der Waals surface area contributed by atoms with E-state index in [1.165, 1.54) is 36.0 Å². The summed E-state index contributed by atoms with van der Waals surface area (Å²) >= 11 is 1.26. The van der Waals surface area contributed by atoms with Crippen LogP contribution in [0.5, 0.6) is 0 Å². The first-order chi connectivity index (χ1) is 20.9. The van der Waals surface area contributed by atoms with Gasteiger partial charge in [0.1, 0.15) is 5.70 Å². The number of rotatable bonds is 10. The number of fused-ring (bicyclic) bond motifs is 1. The Labute approximate surface area is 250 Å². The molecule has 11 heteroatoms. The maximum atomic E-state index is 13.5. The van der Waals surface area contributed by atoms with E-state index in [0.29, 0.717) is 16.9 Å². The van der Waals surface area contributed by atoms with Gasteiger partial charge < -0.3 is 20.9 Å². The lowest BCUT2D eigenvalue weighted by Gasteiger charge is -2.12. The highest BCUT2D eigenvalue weighted by Gasteiger charge is 2.16. The molecule has 0 saturated carbocycles. The molecule has 0 aliphatic heterocycles. The van der Waals surface area contributed by atoms with Gasteiger partial charge in [0, 0.05) is 56.6 Å². The summed E-state index contributed by atoms with van der Waals surface area (Å²) in [4.78, 5) is 53.1. The maximum Gasteiger partial charge on any atom is 0.272 e. The van der Waals surface area contributed by atoms with Gasteiger partial charge >= 0.3 is 0 Å². The number of benzene rings is 4. The van der Waals surface area contributed by atoms with Crippen LogP contribution in [-0.4, -0.2) is 33.4 Å². The predicted octanol–water partition coefficient (Wildman–Crippen LogP) is 6.22. The minimum absolute atomic E-state index is 0.0548. The Morgan fingerprint density at radius 1 is 0.837 bits per heavy atom. The van der Waals surface area contributed by atoms with E-state index in [1.807, 2.05) is 24.3 Å². The number of anilines is 2. The maximum absolute atomic E-state index is 13.5. The number of hydrogen-bond acceptors (Lipinski definition) is 6. The van der Waals surface area contributed by atoms with Crippen LogP contribution in [0.1, 0.15) is 15.9 Å². The zero-order valence-corrected chi connectivity index (χ0v) is 23.4. The van der Waals surface area contributed by atoms with Crippen LogP contribution in [0, 0.1) is 10.1 Å². The molecule has 0 spiro atoms. The Bertz CT molecular complexity index is 1830. The highest BCUT2D eigenvalue weighted by molar-refractivity contribution is 8.00. The van der Waals surface area contributed by atoms with Crippen molar-refractivity contribution in [2.24, 2.45) is 0 Å². The summed E-state index contributed by atoms with van der Waals surface area (Å²) in [6, 6.07) is 28.8. The molecule has 3 amide bonds. The Balaban J connectivity index is 1.28. The summed E-state index contributed by atoms with van der Waals surface area (Å²) in [6.07, 6.45) is 3.39. The lowest BCUT2D eigenvalue weighted by Crippen LogP contribution is -2.30. The lowest BCUT2D eigenvalue weighted by molar-refractivity contribution is -0.384. The second kappa shape index (κ2) is 13.3. The van der Waals surface area contributed by atoms with Crippen molar-refractivity contribution in [1.82, 2.24) is 10.3 Å². The lowest BCUT2D eigenvalue weighted by atomic mass is 10.1. The molecule has 0 unspecified atom stereocenters. The Morgan fingerprint density at radius 3 is 2.35 bits per heavy atom. The van der Waals surface area contributed by atoms with Gasteiger partial charge in [-0.25, -0.2) is 0 Å². The van der Waals surface area contributed by atoms with Crippen molar-refractivity contribution in [3.05, 3.63) is 136 Å². The molecule has 4 aromatic carbocycles. The van der Waals surface area contributed by atoms with Crippen LogP contribution in [-0.2, 0) is 9.59 Å². The first kappa shape index (κ1) is 28.8. The van der Waals surface area contributed by atoms with Crippen LogP contribution in [0.15, 0.2) is 120 Å². The highest BCUT2D eigenvalue weighted by atomic mass is 32.2. The van der Waals surface area contributed by atoms with E-state index in [1.54, 1.807) is 66.9 Å². The van der Waals surface area contributed by atoms with E-state index >= 15 is 0 Å². The molecule has 4 N–H and O–H groups in total. The number of H-pyrrole nitrogens is 1. The molecule has 5 aromatic rings. The molecule has 10 nitrogen and oxygen atoms in total. The van der Waals surface area contributed by atoms with Gasteiger partial charge in [-0.15, -0.1) is 11.8 Å². The minimum atomic E-state index is -0.521. The number of aromatic amines is 1. The number of nitro benzene ring substituents is 1. The Kier molecular flexibility index (Phi) is 8.93. The van der Waals surface area contributed by atoms with Crippen LogP contribution < -0.4 is 16.0 Å². The smallest absolute Gasteiger partial charge is 0.272 e. The second-order valence-electron chi connectivity index (χ2n) is 9.29. The van der Waals surface area contributed by atoms with E-state index in [9.17, 15) is 24.5 Å². The minimum Gasteiger partial charge on any atom is -0.361 e. The van der Waals surface area contributed by atoms with Crippen LogP contribution in [0.4, 0.5) is 17.1 Å². The van der Waals surface area contributed by atoms with Gasteiger partial charge in [0.05, 0.1) is 10.7 Å². The SMILES string of the molecule is O=C(CSc1cccc(NC(=O)/C(=C/c2c[nH]c3ccccc23)NC(=O)c2ccccc2)c1)Nc1ccc([N+](=O)[O-])cc1. The van der Waals surface area contributed by atoms with Crippen LogP contribution in [0.2, 0.25) is 0 Å². The number of nitro groups is 1. The number of thioether (sulfide) groups is 1. The number of carbonyl (C=O) groups is 3. The third-order valence-corrected chi connectivity index (χ3v) is 7.27. The molecule has 43 heavy (non-hydrogen) atoms. The van der Waals surface area contributed by atoms with E-state index in [0.717, 1.165) is 21.4 Å². The summed E-state index contributed by atoms with van der Waals surface area (Å²) < 4.78 is 0. The average molecular weight is 592 g/mol. The Hall–Kier alpha value is -5.68. The van der Waals surface area contributed by atoms with E-state index in [-0.39, 0.29) is 23.0 Å². The molecular weight excluding hydrogens is 566 g/mol. The van der Waals surface area contributed by atoms with Crippen molar-refractivity contribution in [3.8, 4) is 0 Å². The third kappa shape index (κ3) is 7.54. The van der Waals surface area contributed by atoms with Gasteiger partial charge in [0.25, 0.3) is 17.5 Å². The zero-order valence-electron chi connectivity index (χ0n) is 22.6. The van der Waals surface area contributed by atoms with Crippen LogP contribution in [0.25, 0.3) is 17.0 Å². The van der Waals surface area contributed by atoms with Gasteiger partial charge in [-0.2, -0.15) is 0 Å². The Morgan fingerprint density at radius 2 is 1.58 bits per heavy atom. The quantitative estimate of drug-likeness (QED) is 0.0657. The number of hydrogen-bond donors (Lipinski definition) is 4. The predicted molar refractivity (Wildman–Crippen MR) is 168 cm³/mol. The van der Waals surface area contributed by atoms with Gasteiger partial charge in [0.2, 0.25) is 5.91 Å². The molecule has 5 rings (SSSR count).